The van der Waals surface area contributed by atoms with E-state index in [9.17, 15) is 14.7 Å². The van der Waals surface area contributed by atoms with E-state index in [0.717, 1.165) is 5.56 Å². The Labute approximate surface area is 189 Å². The number of aliphatic hydroxyl groups is 1. The monoisotopic (exact) mass is 448 g/mol. The number of nitrogens with two attached hydrogens (primary N) is 1. The number of aryl methyl sites for hydroxylation is 2. The first-order valence-electron chi connectivity index (χ1n) is 10.7. The Morgan fingerprint density at radius 3 is 2.76 bits per heavy atom. The minimum Gasteiger partial charge on any atom is -0.460 e. The van der Waals surface area contributed by atoms with Gasteiger partial charge in [0.1, 0.15) is 22.6 Å². The summed E-state index contributed by atoms with van der Waals surface area (Å²) >= 11 is 0. The van der Waals surface area contributed by atoms with Crippen molar-refractivity contribution in [1.29, 1.82) is 0 Å². The third-order valence-corrected chi connectivity index (χ3v) is 6.25. The van der Waals surface area contributed by atoms with Crippen molar-refractivity contribution in [2.45, 2.75) is 39.3 Å². The zero-order chi connectivity index (χ0) is 23.4. The third-order valence-electron chi connectivity index (χ3n) is 6.25. The molecule has 1 aromatic carbocycles. The lowest BCUT2D eigenvalue weighted by Crippen LogP contribution is -2.34. The summed E-state index contributed by atoms with van der Waals surface area (Å²) in [6.45, 7) is 5.79. The van der Waals surface area contributed by atoms with Crippen LogP contribution in [0.2, 0.25) is 0 Å². The average molecular weight is 448 g/mol. The standard InChI is InChI=1S/C24H24N4O5/c1-12-8-15(29)10-27(12)24(31)18-11-28-22(13(18)2)19(6-7-26-28)33-16-4-5-17-20(9-16)32-14(3)21(17)23(25)30/h4-7,9,11-12,15,29H,8,10H2,1-3H3,(H2,25,30). The number of nitrogens with zero attached hydrogens (tertiary/aromatic N) is 3. The molecule has 33 heavy (non-hydrogen) atoms. The van der Waals surface area contributed by atoms with Crippen LogP contribution in [0.25, 0.3) is 16.5 Å². The maximum absolute atomic E-state index is 13.2. The second-order valence-electron chi connectivity index (χ2n) is 8.51. The first-order valence-corrected chi connectivity index (χ1v) is 10.7. The minimum atomic E-state index is -0.545. The van der Waals surface area contributed by atoms with E-state index >= 15 is 0 Å². The first kappa shape index (κ1) is 21.0. The van der Waals surface area contributed by atoms with Gasteiger partial charge >= 0.3 is 0 Å². The number of ether oxygens (including phenoxy) is 1. The Bertz CT molecular complexity index is 1420. The lowest BCUT2D eigenvalue weighted by atomic mass is 10.1. The van der Waals surface area contributed by atoms with Crippen LogP contribution in [0.3, 0.4) is 0 Å². The highest BCUT2D eigenvalue weighted by Gasteiger charge is 2.33. The summed E-state index contributed by atoms with van der Waals surface area (Å²) in [7, 11) is 0. The SMILES string of the molecule is Cc1oc2cc(Oc3ccnn4cc(C(=O)N5CC(O)CC5C)c(C)c34)ccc2c1C(N)=O. The Morgan fingerprint density at radius 2 is 2.06 bits per heavy atom. The summed E-state index contributed by atoms with van der Waals surface area (Å²) in [4.78, 5) is 26.6. The van der Waals surface area contributed by atoms with Gasteiger partial charge in [-0.25, -0.2) is 4.52 Å². The second kappa shape index (κ2) is 7.63. The van der Waals surface area contributed by atoms with Gasteiger partial charge in [0.05, 0.1) is 23.4 Å². The number of furan rings is 1. The Hall–Kier alpha value is -3.85. The van der Waals surface area contributed by atoms with Crippen molar-refractivity contribution in [3.8, 4) is 11.5 Å². The molecule has 9 nitrogen and oxygen atoms in total. The molecule has 1 saturated heterocycles. The third kappa shape index (κ3) is 3.41. The smallest absolute Gasteiger partial charge is 0.256 e. The van der Waals surface area contributed by atoms with E-state index < -0.39 is 12.0 Å². The van der Waals surface area contributed by atoms with Crippen molar-refractivity contribution in [2.75, 3.05) is 6.54 Å². The number of β-amino-alcohol motifs (C(OH)–C–C–N with tert-alkyl or cyclic N) is 1. The first-order chi connectivity index (χ1) is 15.7. The van der Waals surface area contributed by atoms with Crippen LogP contribution in [-0.4, -0.2) is 50.1 Å². The van der Waals surface area contributed by atoms with Crippen LogP contribution in [0.15, 0.2) is 41.1 Å². The molecular weight excluding hydrogens is 424 g/mol. The van der Waals surface area contributed by atoms with Gasteiger partial charge < -0.3 is 24.9 Å². The number of fused-ring (bicyclic) bond motifs is 2. The molecule has 0 saturated carbocycles. The second-order valence-corrected chi connectivity index (χ2v) is 8.51. The molecule has 5 rings (SSSR count). The Kier molecular flexibility index (Phi) is 4.86. The van der Waals surface area contributed by atoms with E-state index in [1.807, 2.05) is 13.8 Å². The van der Waals surface area contributed by atoms with Crippen molar-refractivity contribution in [1.82, 2.24) is 14.5 Å². The molecule has 1 fully saturated rings. The van der Waals surface area contributed by atoms with Crippen molar-refractivity contribution in [3.05, 3.63) is 59.1 Å². The average Bonchev–Trinajstić information content (AvgIpc) is 3.39. The molecule has 1 aliphatic heterocycles. The van der Waals surface area contributed by atoms with Gasteiger partial charge in [-0.3, -0.25) is 9.59 Å². The summed E-state index contributed by atoms with van der Waals surface area (Å²) in [5, 5.41) is 14.9. The van der Waals surface area contributed by atoms with Gasteiger partial charge in [-0.15, -0.1) is 0 Å². The van der Waals surface area contributed by atoms with Crippen molar-refractivity contribution in [3.63, 3.8) is 0 Å². The zero-order valence-electron chi connectivity index (χ0n) is 18.5. The van der Waals surface area contributed by atoms with Gasteiger partial charge in [0.25, 0.3) is 11.8 Å². The molecule has 0 bridgehead atoms. The molecule has 4 aromatic rings. The molecule has 2 amide bonds. The van der Waals surface area contributed by atoms with E-state index in [-0.39, 0.29) is 11.9 Å². The number of aromatic nitrogens is 2. The molecule has 9 heteroatoms. The number of hydrogen-bond donors (Lipinski definition) is 2. The molecule has 1 aliphatic rings. The Morgan fingerprint density at radius 1 is 1.27 bits per heavy atom. The number of amides is 2. The predicted octanol–water partition coefficient (Wildman–Crippen LogP) is 3.18. The van der Waals surface area contributed by atoms with Crippen molar-refractivity contribution in [2.24, 2.45) is 5.73 Å². The minimum absolute atomic E-state index is 0.0348. The largest absolute Gasteiger partial charge is 0.460 e. The number of hydrogen-bond acceptors (Lipinski definition) is 6. The van der Waals surface area contributed by atoms with Crippen LogP contribution < -0.4 is 10.5 Å². The molecule has 0 aliphatic carbocycles. The number of carbonyl (C=O) groups excluding carboxylic acids is 2. The van der Waals surface area contributed by atoms with Crippen LogP contribution in [0, 0.1) is 13.8 Å². The summed E-state index contributed by atoms with van der Waals surface area (Å²) < 4.78 is 13.5. The quantitative estimate of drug-likeness (QED) is 0.494. The molecule has 4 heterocycles. The Balaban J connectivity index is 1.52. The number of carbonyl (C=O) groups is 2. The molecule has 0 spiro atoms. The fraction of sp³-hybridized carbons (Fsp3) is 0.292. The summed E-state index contributed by atoms with van der Waals surface area (Å²) in [5.74, 6) is 0.794. The number of benzene rings is 1. The van der Waals surface area contributed by atoms with E-state index in [2.05, 4.69) is 5.10 Å². The normalized spacial score (nSPS) is 18.4. The van der Waals surface area contributed by atoms with Crippen LogP contribution in [0.5, 0.6) is 11.5 Å². The van der Waals surface area contributed by atoms with E-state index in [0.29, 0.717) is 57.8 Å². The molecule has 2 unspecified atom stereocenters. The molecule has 3 aromatic heterocycles. The number of likely N-dealkylation sites (tertiary alicyclic amines) is 1. The maximum Gasteiger partial charge on any atom is 0.256 e. The van der Waals surface area contributed by atoms with Crippen molar-refractivity contribution < 1.29 is 23.8 Å². The van der Waals surface area contributed by atoms with E-state index in [4.69, 9.17) is 14.9 Å². The van der Waals surface area contributed by atoms with Crippen molar-refractivity contribution >= 4 is 28.3 Å². The van der Waals surface area contributed by atoms with Crippen LogP contribution >= 0.6 is 0 Å². The van der Waals surface area contributed by atoms with Crippen LogP contribution in [0.1, 0.15) is 45.4 Å². The lowest BCUT2D eigenvalue weighted by Gasteiger charge is -2.20. The highest BCUT2D eigenvalue weighted by molar-refractivity contribution is 6.06. The number of aliphatic hydroxyl groups excluding tert-OH is 1. The molecule has 0 radical (unpaired) electrons. The van der Waals surface area contributed by atoms with Gasteiger partial charge in [0.15, 0.2) is 5.75 Å². The fourth-order valence-corrected chi connectivity index (χ4v) is 4.66. The van der Waals surface area contributed by atoms with Gasteiger partial charge in [-0.1, -0.05) is 0 Å². The van der Waals surface area contributed by atoms with Gasteiger partial charge in [0.2, 0.25) is 0 Å². The number of primary amides is 1. The lowest BCUT2D eigenvalue weighted by molar-refractivity contribution is 0.0725. The summed E-state index contributed by atoms with van der Waals surface area (Å²) in [6, 6.07) is 6.86. The van der Waals surface area contributed by atoms with Crippen LogP contribution in [-0.2, 0) is 0 Å². The van der Waals surface area contributed by atoms with Gasteiger partial charge in [0, 0.05) is 36.3 Å². The van der Waals surface area contributed by atoms with E-state index in [1.165, 1.54) is 0 Å². The summed E-state index contributed by atoms with van der Waals surface area (Å²) in [6.07, 6.45) is 3.35. The molecule has 2 atom stereocenters. The summed E-state index contributed by atoms with van der Waals surface area (Å²) in [5.41, 5.74) is 8.24. The predicted molar refractivity (Wildman–Crippen MR) is 121 cm³/mol. The van der Waals surface area contributed by atoms with Crippen LogP contribution in [0.4, 0.5) is 0 Å². The molecular formula is C24H24N4O5. The van der Waals surface area contributed by atoms with E-state index in [1.54, 1.807) is 53.0 Å². The molecule has 3 N–H and O–H groups in total. The van der Waals surface area contributed by atoms with Gasteiger partial charge in [-0.05, 0) is 44.9 Å². The maximum atomic E-state index is 13.2. The topological polar surface area (TPSA) is 123 Å². The highest BCUT2D eigenvalue weighted by Crippen LogP contribution is 2.34. The van der Waals surface area contributed by atoms with Gasteiger partial charge in [-0.2, -0.15) is 5.10 Å². The number of rotatable bonds is 4. The fourth-order valence-electron chi connectivity index (χ4n) is 4.66. The zero-order valence-corrected chi connectivity index (χ0v) is 18.5. The molecule has 170 valence electrons. The highest BCUT2D eigenvalue weighted by atomic mass is 16.5.